The number of rotatable bonds is 4. The molecule has 170 valence electrons. The monoisotopic (exact) mass is 476 g/mol. The predicted octanol–water partition coefficient (Wildman–Crippen LogP) is 4.07. The van der Waals surface area contributed by atoms with Crippen LogP contribution in [-0.4, -0.2) is 51.2 Å². The van der Waals surface area contributed by atoms with E-state index in [0.29, 0.717) is 31.7 Å². The highest BCUT2D eigenvalue weighted by Gasteiger charge is 2.26. The van der Waals surface area contributed by atoms with Crippen molar-refractivity contribution in [1.29, 1.82) is 5.26 Å². The Hall–Kier alpha value is -2.96. The molecular formula is C22H25ClN4O4S. The summed E-state index contributed by atoms with van der Waals surface area (Å²) in [5.74, 6) is 0. The van der Waals surface area contributed by atoms with E-state index in [9.17, 15) is 13.2 Å². The minimum atomic E-state index is -3.92. The lowest BCUT2D eigenvalue weighted by atomic mass is 10.2. The average molecular weight is 477 g/mol. The van der Waals surface area contributed by atoms with E-state index in [0.717, 1.165) is 5.69 Å². The van der Waals surface area contributed by atoms with Gasteiger partial charge in [-0.15, -0.1) is 0 Å². The van der Waals surface area contributed by atoms with E-state index >= 15 is 0 Å². The second-order valence-electron chi connectivity index (χ2n) is 8.36. The van der Waals surface area contributed by atoms with Gasteiger partial charge in [0.05, 0.1) is 27.2 Å². The van der Waals surface area contributed by atoms with E-state index in [1.165, 1.54) is 24.3 Å². The minimum Gasteiger partial charge on any atom is -0.444 e. The van der Waals surface area contributed by atoms with Gasteiger partial charge in [-0.2, -0.15) is 5.26 Å². The van der Waals surface area contributed by atoms with Gasteiger partial charge in [0.2, 0.25) is 0 Å². The minimum absolute atomic E-state index is 0.0722. The zero-order valence-corrected chi connectivity index (χ0v) is 19.7. The van der Waals surface area contributed by atoms with Crippen molar-refractivity contribution in [2.75, 3.05) is 35.8 Å². The SMILES string of the molecule is CC(C)(C)OC(=O)N1CCN(c2cccc(S(=O)(=O)Nc3cc(C#N)ccc3Cl)c2)CC1. The lowest BCUT2D eigenvalue weighted by Gasteiger charge is -2.36. The van der Waals surface area contributed by atoms with Crippen molar-refractivity contribution in [3.8, 4) is 6.07 Å². The number of sulfonamides is 1. The van der Waals surface area contributed by atoms with Crippen molar-refractivity contribution in [2.45, 2.75) is 31.3 Å². The Morgan fingerprint density at radius 1 is 1.12 bits per heavy atom. The standard InChI is InChI=1S/C22H25ClN4O4S/c1-22(2,3)31-21(28)27-11-9-26(10-12-27)17-5-4-6-18(14-17)32(29,30)25-20-13-16(15-24)7-8-19(20)23/h4-8,13-14,25H,9-12H2,1-3H3. The summed E-state index contributed by atoms with van der Waals surface area (Å²) in [5.41, 5.74) is 0.610. The number of hydrogen-bond donors (Lipinski definition) is 1. The van der Waals surface area contributed by atoms with Crippen LogP contribution in [0.5, 0.6) is 0 Å². The molecule has 32 heavy (non-hydrogen) atoms. The number of halogens is 1. The Bertz CT molecular complexity index is 1150. The molecule has 0 aromatic heterocycles. The summed E-state index contributed by atoms with van der Waals surface area (Å²) in [6.07, 6.45) is -0.353. The number of carbonyl (C=O) groups is 1. The van der Waals surface area contributed by atoms with Crippen LogP contribution in [0, 0.1) is 11.3 Å². The number of nitriles is 1. The molecule has 0 aliphatic carbocycles. The zero-order chi connectivity index (χ0) is 23.5. The van der Waals surface area contributed by atoms with Gasteiger partial charge in [0.15, 0.2) is 0 Å². The number of benzene rings is 2. The fourth-order valence-corrected chi connectivity index (χ4v) is 4.53. The highest BCUT2D eigenvalue weighted by atomic mass is 35.5. The number of nitrogens with zero attached hydrogens (tertiary/aromatic N) is 3. The van der Waals surface area contributed by atoms with Crippen LogP contribution >= 0.6 is 11.6 Å². The van der Waals surface area contributed by atoms with Gasteiger partial charge in [-0.05, 0) is 57.2 Å². The number of amides is 1. The molecule has 1 aliphatic rings. The maximum absolute atomic E-state index is 12.9. The number of anilines is 2. The Kier molecular flexibility index (Phi) is 6.86. The summed E-state index contributed by atoms with van der Waals surface area (Å²) in [6, 6.07) is 12.9. The van der Waals surface area contributed by atoms with Crippen molar-refractivity contribution < 1.29 is 17.9 Å². The van der Waals surface area contributed by atoms with Gasteiger partial charge in [-0.25, -0.2) is 13.2 Å². The van der Waals surface area contributed by atoms with Crippen molar-refractivity contribution in [3.63, 3.8) is 0 Å². The average Bonchev–Trinajstić information content (AvgIpc) is 2.74. The lowest BCUT2D eigenvalue weighted by Crippen LogP contribution is -2.50. The summed E-state index contributed by atoms with van der Waals surface area (Å²) in [5, 5.41) is 9.25. The third-order valence-corrected chi connectivity index (χ3v) is 6.46. The fraction of sp³-hybridized carbons (Fsp3) is 0.364. The van der Waals surface area contributed by atoms with Crippen molar-refractivity contribution >= 4 is 39.1 Å². The van der Waals surface area contributed by atoms with Crippen LogP contribution in [0.3, 0.4) is 0 Å². The third kappa shape index (κ3) is 5.84. The number of hydrogen-bond acceptors (Lipinski definition) is 6. The van der Waals surface area contributed by atoms with E-state index in [1.807, 2.05) is 37.8 Å². The van der Waals surface area contributed by atoms with Crippen LogP contribution in [0.15, 0.2) is 47.4 Å². The molecule has 1 amide bonds. The lowest BCUT2D eigenvalue weighted by molar-refractivity contribution is 0.0240. The molecule has 10 heteroatoms. The van der Waals surface area contributed by atoms with Crippen molar-refractivity contribution in [3.05, 3.63) is 53.1 Å². The van der Waals surface area contributed by atoms with Gasteiger partial charge in [0.1, 0.15) is 5.60 Å². The Labute approximate surface area is 193 Å². The van der Waals surface area contributed by atoms with Crippen LogP contribution in [0.4, 0.5) is 16.2 Å². The summed E-state index contributed by atoms with van der Waals surface area (Å²) >= 11 is 6.09. The molecule has 0 unspecified atom stereocenters. The smallest absolute Gasteiger partial charge is 0.410 e. The first kappa shape index (κ1) is 23.7. The first-order valence-corrected chi connectivity index (χ1v) is 11.9. The van der Waals surface area contributed by atoms with Gasteiger partial charge in [-0.1, -0.05) is 17.7 Å². The molecule has 3 rings (SSSR count). The zero-order valence-electron chi connectivity index (χ0n) is 18.1. The molecular weight excluding hydrogens is 452 g/mol. The van der Waals surface area contributed by atoms with Crippen LogP contribution in [0.25, 0.3) is 0 Å². The molecule has 1 aliphatic heterocycles. The van der Waals surface area contributed by atoms with Gasteiger partial charge in [-0.3, -0.25) is 4.72 Å². The quantitative estimate of drug-likeness (QED) is 0.713. The Morgan fingerprint density at radius 2 is 1.81 bits per heavy atom. The van der Waals surface area contributed by atoms with E-state index < -0.39 is 15.6 Å². The molecule has 0 radical (unpaired) electrons. The first-order valence-electron chi connectivity index (χ1n) is 10.0. The van der Waals surface area contributed by atoms with Crippen LogP contribution in [0.1, 0.15) is 26.3 Å². The largest absolute Gasteiger partial charge is 0.444 e. The topological polar surface area (TPSA) is 103 Å². The summed E-state index contributed by atoms with van der Waals surface area (Å²) in [7, 11) is -3.92. The van der Waals surface area contributed by atoms with E-state index in [1.54, 1.807) is 17.0 Å². The highest BCUT2D eigenvalue weighted by Crippen LogP contribution is 2.27. The molecule has 8 nitrogen and oxygen atoms in total. The molecule has 1 saturated heterocycles. The van der Waals surface area contributed by atoms with Crippen molar-refractivity contribution in [1.82, 2.24) is 4.90 Å². The molecule has 0 spiro atoms. The number of piperazine rings is 1. The van der Waals surface area contributed by atoms with Gasteiger partial charge in [0, 0.05) is 31.9 Å². The maximum atomic E-state index is 12.9. The molecule has 1 fully saturated rings. The van der Waals surface area contributed by atoms with E-state index in [-0.39, 0.29) is 21.7 Å². The van der Waals surface area contributed by atoms with Gasteiger partial charge >= 0.3 is 6.09 Å². The third-order valence-electron chi connectivity index (χ3n) is 4.76. The molecule has 0 saturated carbocycles. The van der Waals surface area contributed by atoms with E-state index in [2.05, 4.69) is 4.72 Å². The first-order chi connectivity index (χ1) is 15.0. The molecule has 0 atom stereocenters. The van der Waals surface area contributed by atoms with Crippen molar-refractivity contribution in [2.24, 2.45) is 0 Å². The molecule has 2 aromatic rings. The summed E-state index contributed by atoms with van der Waals surface area (Å²) < 4.78 is 33.7. The highest BCUT2D eigenvalue weighted by molar-refractivity contribution is 7.92. The second-order valence-corrected chi connectivity index (χ2v) is 10.5. The second kappa shape index (κ2) is 9.27. The Balaban J connectivity index is 1.72. The molecule has 0 bridgehead atoms. The number of nitrogens with one attached hydrogen (secondary N) is 1. The predicted molar refractivity (Wildman–Crippen MR) is 123 cm³/mol. The van der Waals surface area contributed by atoms with E-state index in [4.69, 9.17) is 21.6 Å². The van der Waals surface area contributed by atoms with Crippen LogP contribution in [-0.2, 0) is 14.8 Å². The molecule has 2 aromatic carbocycles. The van der Waals surface area contributed by atoms with Crippen LogP contribution in [0.2, 0.25) is 5.02 Å². The number of ether oxygens (including phenoxy) is 1. The fourth-order valence-electron chi connectivity index (χ4n) is 3.20. The molecule has 1 N–H and O–H groups in total. The summed E-state index contributed by atoms with van der Waals surface area (Å²) in [4.78, 5) is 16.0. The number of carbonyl (C=O) groups excluding carboxylic acids is 1. The van der Waals surface area contributed by atoms with Gasteiger partial charge in [0.25, 0.3) is 10.0 Å². The van der Waals surface area contributed by atoms with Crippen LogP contribution < -0.4 is 9.62 Å². The Morgan fingerprint density at radius 3 is 2.44 bits per heavy atom. The normalized spacial score (nSPS) is 14.6. The van der Waals surface area contributed by atoms with Gasteiger partial charge < -0.3 is 14.5 Å². The molecule has 1 heterocycles. The summed E-state index contributed by atoms with van der Waals surface area (Å²) in [6.45, 7) is 7.51. The maximum Gasteiger partial charge on any atom is 0.410 e.